The van der Waals surface area contributed by atoms with Crippen LogP contribution >= 0.6 is 34.7 Å². The quantitative estimate of drug-likeness (QED) is 0.507. The van der Waals surface area contributed by atoms with Gasteiger partial charge in [-0.05, 0) is 23.8 Å². The SMILES string of the molecule is O=C(Nc1nnc(SCc2ccccc2)s1)c1ccc(Cl)cc1F. The molecule has 0 aliphatic carbocycles. The molecule has 122 valence electrons. The molecule has 4 nitrogen and oxygen atoms in total. The van der Waals surface area contributed by atoms with Crippen LogP contribution in [0.25, 0.3) is 0 Å². The minimum Gasteiger partial charge on any atom is -0.296 e. The van der Waals surface area contributed by atoms with E-state index in [0.29, 0.717) is 5.13 Å². The average Bonchev–Trinajstić information content (AvgIpc) is 3.01. The van der Waals surface area contributed by atoms with E-state index in [1.54, 1.807) is 0 Å². The summed E-state index contributed by atoms with van der Waals surface area (Å²) in [6.07, 6.45) is 0. The third-order valence-electron chi connectivity index (χ3n) is 3.01. The van der Waals surface area contributed by atoms with E-state index in [1.807, 2.05) is 30.3 Å². The van der Waals surface area contributed by atoms with Gasteiger partial charge < -0.3 is 0 Å². The van der Waals surface area contributed by atoms with Crippen LogP contribution in [-0.4, -0.2) is 16.1 Å². The number of thioether (sulfide) groups is 1. The molecule has 3 aromatic rings. The molecular weight excluding hydrogens is 369 g/mol. The number of halogens is 2. The number of hydrogen-bond donors (Lipinski definition) is 1. The molecule has 1 amide bonds. The fourth-order valence-electron chi connectivity index (χ4n) is 1.88. The van der Waals surface area contributed by atoms with E-state index in [-0.39, 0.29) is 10.6 Å². The first kappa shape index (κ1) is 16.9. The Bertz CT molecular complexity index is 858. The van der Waals surface area contributed by atoms with Crippen molar-refractivity contribution in [2.45, 2.75) is 10.1 Å². The van der Waals surface area contributed by atoms with Gasteiger partial charge in [-0.3, -0.25) is 10.1 Å². The predicted octanol–water partition coefficient (Wildman–Crippen LogP) is 4.88. The summed E-state index contributed by atoms with van der Waals surface area (Å²) < 4.78 is 14.5. The molecule has 0 spiro atoms. The van der Waals surface area contributed by atoms with Crippen LogP contribution in [0.15, 0.2) is 52.9 Å². The van der Waals surface area contributed by atoms with Crippen molar-refractivity contribution < 1.29 is 9.18 Å². The first-order chi connectivity index (χ1) is 11.6. The first-order valence-corrected chi connectivity index (χ1v) is 9.06. The lowest BCUT2D eigenvalue weighted by Gasteiger charge is -2.02. The summed E-state index contributed by atoms with van der Waals surface area (Å²) in [5.41, 5.74) is 1.08. The Morgan fingerprint density at radius 3 is 2.75 bits per heavy atom. The molecule has 0 aliphatic heterocycles. The van der Waals surface area contributed by atoms with Crippen molar-refractivity contribution in [3.8, 4) is 0 Å². The van der Waals surface area contributed by atoms with E-state index in [9.17, 15) is 9.18 Å². The van der Waals surface area contributed by atoms with Crippen LogP contribution in [0.3, 0.4) is 0 Å². The van der Waals surface area contributed by atoms with Crippen LogP contribution < -0.4 is 5.32 Å². The Labute approximate surface area is 151 Å². The molecule has 1 N–H and O–H groups in total. The maximum Gasteiger partial charge on any atom is 0.260 e. The number of anilines is 1. The van der Waals surface area contributed by atoms with E-state index in [4.69, 9.17) is 11.6 Å². The summed E-state index contributed by atoms with van der Waals surface area (Å²) in [4.78, 5) is 12.1. The molecule has 0 radical (unpaired) electrons. The molecule has 3 rings (SSSR count). The maximum absolute atomic E-state index is 13.7. The second kappa shape index (κ2) is 7.74. The molecule has 0 aliphatic rings. The highest BCUT2D eigenvalue weighted by atomic mass is 35.5. The number of carbonyl (C=O) groups excluding carboxylic acids is 1. The van der Waals surface area contributed by atoms with Crippen LogP contribution in [0.5, 0.6) is 0 Å². The fourth-order valence-corrected chi connectivity index (χ4v) is 3.74. The summed E-state index contributed by atoms with van der Waals surface area (Å²) in [5.74, 6) is -0.502. The van der Waals surface area contributed by atoms with Gasteiger partial charge >= 0.3 is 0 Å². The van der Waals surface area contributed by atoms with Gasteiger partial charge in [0.15, 0.2) is 4.34 Å². The summed E-state index contributed by atoms with van der Waals surface area (Å²) in [6.45, 7) is 0. The van der Waals surface area contributed by atoms with Crippen molar-refractivity contribution in [3.63, 3.8) is 0 Å². The smallest absolute Gasteiger partial charge is 0.260 e. The van der Waals surface area contributed by atoms with Crippen molar-refractivity contribution in [1.82, 2.24) is 10.2 Å². The van der Waals surface area contributed by atoms with Crippen molar-refractivity contribution >= 4 is 45.7 Å². The van der Waals surface area contributed by atoms with Gasteiger partial charge in [0.25, 0.3) is 5.91 Å². The van der Waals surface area contributed by atoms with E-state index >= 15 is 0 Å². The molecule has 1 heterocycles. The van der Waals surface area contributed by atoms with Crippen LogP contribution in [0.2, 0.25) is 5.02 Å². The van der Waals surface area contributed by atoms with Gasteiger partial charge in [0.05, 0.1) is 5.56 Å². The normalized spacial score (nSPS) is 10.6. The van der Waals surface area contributed by atoms with E-state index in [0.717, 1.165) is 16.2 Å². The first-order valence-electron chi connectivity index (χ1n) is 6.88. The average molecular weight is 380 g/mol. The fraction of sp³-hybridized carbons (Fsp3) is 0.0625. The van der Waals surface area contributed by atoms with Crippen molar-refractivity contribution in [1.29, 1.82) is 0 Å². The van der Waals surface area contributed by atoms with E-state index in [2.05, 4.69) is 15.5 Å². The molecule has 8 heteroatoms. The molecular formula is C16H11ClFN3OS2. The largest absolute Gasteiger partial charge is 0.296 e. The van der Waals surface area contributed by atoms with Crippen LogP contribution in [0.1, 0.15) is 15.9 Å². The minimum absolute atomic E-state index is 0.0897. The van der Waals surface area contributed by atoms with Crippen LogP contribution in [0.4, 0.5) is 9.52 Å². The van der Waals surface area contributed by atoms with Crippen molar-refractivity contribution in [3.05, 3.63) is 70.5 Å². The zero-order chi connectivity index (χ0) is 16.9. The monoisotopic (exact) mass is 379 g/mol. The molecule has 0 saturated heterocycles. The Morgan fingerprint density at radius 1 is 1.21 bits per heavy atom. The van der Waals surface area contributed by atoms with Gasteiger partial charge in [-0.25, -0.2) is 4.39 Å². The number of hydrogen-bond acceptors (Lipinski definition) is 5. The Morgan fingerprint density at radius 2 is 2.00 bits per heavy atom. The summed E-state index contributed by atoms with van der Waals surface area (Å²) in [6, 6.07) is 13.9. The summed E-state index contributed by atoms with van der Waals surface area (Å²) >= 11 is 8.44. The van der Waals surface area contributed by atoms with Gasteiger partial charge in [0.2, 0.25) is 5.13 Å². The molecule has 0 unspecified atom stereocenters. The maximum atomic E-state index is 13.7. The third kappa shape index (κ3) is 4.31. The Hall–Kier alpha value is -1.96. The highest BCUT2D eigenvalue weighted by Crippen LogP contribution is 2.28. The van der Waals surface area contributed by atoms with E-state index in [1.165, 1.54) is 40.8 Å². The number of nitrogens with one attached hydrogen (secondary N) is 1. The summed E-state index contributed by atoms with van der Waals surface area (Å²) in [5, 5.41) is 11.0. The highest BCUT2D eigenvalue weighted by Gasteiger charge is 2.14. The van der Waals surface area contributed by atoms with Gasteiger partial charge in [0, 0.05) is 10.8 Å². The molecule has 0 saturated carbocycles. The second-order valence-corrected chi connectivity index (χ2v) is 7.36. The number of aromatic nitrogens is 2. The standard InChI is InChI=1S/C16H11ClFN3OS2/c17-11-6-7-12(13(18)8-11)14(22)19-15-20-21-16(24-15)23-9-10-4-2-1-3-5-10/h1-8H,9H2,(H,19,20,22). The molecule has 24 heavy (non-hydrogen) atoms. The van der Waals surface area contributed by atoms with Gasteiger partial charge in [-0.15, -0.1) is 10.2 Å². The molecule has 2 aromatic carbocycles. The van der Waals surface area contributed by atoms with Crippen LogP contribution in [0, 0.1) is 5.82 Å². The lowest BCUT2D eigenvalue weighted by Crippen LogP contribution is -2.13. The topological polar surface area (TPSA) is 54.9 Å². The number of benzene rings is 2. The lowest BCUT2D eigenvalue weighted by molar-refractivity contribution is 0.102. The minimum atomic E-state index is -0.678. The number of rotatable bonds is 5. The van der Waals surface area contributed by atoms with Crippen LogP contribution in [-0.2, 0) is 5.75 Å². The zero-order valence-electron chi connectivity index (χ0n) is 12.2. The zero-order valence-corrected chi connectivity index (χ0v) is 14.6. The van der Waals surface area contributed by atoms with Gasteiger partial charge in [-0.1, -0.05) is 65.0 Å². The number of carbonyl (C=O) groups is 1. The molecule has 0 bridgehead atoms. The molecule has 0 atom stereocenters. The third-order valence-corrected chi connectivity index (χ3v) is 5.29. The van der Waals surface area contributed by atoms with Gasteiger partial charge in [-0.2, -0.15) is 0 Å². The van der Waals surface area contributed by atoms with Crippen molar-refractivity contribution in [2.24, 2.45) is 0 Å². The number of nitrogens with zero attached hydrogens (tertiary/aromatic N) is 2. The summed E-state index contributed by atoms with van der Waals surface area (Å²) in [7, 11) is 0. The Balaban J connectivity index is 1.62. The molecule has 0 fully saturated rings. The Kier molecular flexibility index (Phi) is 5.44. The molecule has 1 aromatic heterocycles. The van der Waals surface area contributed by atoms with Crippen molar-refractivity contribution in [2.75, 3.05) is 5.32 Å². The predicted molar refractivity (Wildman–Crippen MR) is 95.3 cm³/mol. The number of amides is 1. The highest BCUT2D eigenvalue weighted by molar-refractivity contribution is 8.00. The lowest BCUT2D eigenvalue weighted by atomic mass is 10.2. The van der Waals surface area contributed by atoms with Gasteiger partial charge in [0.1, 0.15) is 5.82 Å². The second-order valence-electron chi connectivity index (χ2n) is 4.73. The van der Waals surface area contributed by atoms with E-state index < -0.39 is 11.7 Å².